The lowest BCUT2D eigenvalue weighted by molar-refractivity contribution is 0.0161. The molecule has 1 atom stereocenters. The van der Waals surface area contributed by atoms with Crippen LogP contribution in [0.4, 0.5) is 0 Å². The molecule has 2 aromatic carbocycles. The summed E-state index contributed by atoms with van der Waals surface area (Å²) >= 11 is 0. The van der Waals surface area contributed by atoms with Crippen LogP contribution in [0.3, 0.4) is 0 Å². The largest absolute Gasteiger partial charge is 0.491 e. The van der Waals surface area contributed by atoms with Crippen molar-refractivity contribution in [1.82, 2.24) is 0 Å². The van der Waals surface area contributed by atoms with Crippen LogP contribution in [0.1, 0.15) is 33.6 Å². The highest BCUT2D eigenvalue weighted by molar-refractivity contribution is 5.92. The van der Waals surface area contributed by atoms with Crippen LogP contribution in [-0.2, 0) is 14.2 Å². The molecule has 3 rings (SSSR count). The number of carbonyl (C=O) groups is 2. The van der Waals surface area contributed by atoms with Gasteiger partial charge in [0.1, 0.15) is 24.7 Å². The third kappa shape index (κ3) is 6.30. The fourth-order valence-electron chi connectivity index (χ4n) is 2.78. The standard InChI is InChI=1S/C22H24O7/c1-25-13-14-27-18-8-4-17(5-9-18)22(24)29-19-10-6-16(7-11-19)21(23)28-15-20-3-2-12-26-20/h4-11,20H,2-3,12-15H2,1H3. The summed E-state index contributed by atoms with van der Waals surface area (Å²) in [6, 6.07) is 12.9. The van der Waals surface area contributed by atoms with Gasteiger partial charge in [-0.15, -0.1) is 0 Å². The van der Waals surface area contributed by atoms with Gasteiger partial charge in [0.2, 0.25) is 0 Å². The first-order chi connectivity index (χ1) is 14.2. The maximum Gasteiger partial charge on any atom is 0.343 e. The van der Waals surface area contributed by atoms with Gasteiger partial charge in [0, 0.05) is 13.7 Å². The minimum absolute atomic E-state index is 0.0176. The lowest BCUT2D eigenvalue weighted by atomic mass is 10.2. The lowest BCUT2D eigenvalue weighted by Crippen LogP contribution is -2.17. The molecule has 7 nitrogen and oxygen atoms in total. The van der Waals surface area contributed by atoms with Crippen molar-refractivity contribution in [1.29, 1.82) is 0 Å². The molecular weight excluding hydrogens is 376 g/mol. The molecule has 1 aliphatic heterocycles. The molecule has 7 heteroatoms. The van der Waals surface area contributed by atoms with Crippen LogP contribution in [-0.4, -0.2) is 51.6 Å². The summed E-state index contributed by atoms with van der Waals surface area (Å²) in [5.74, 6) is 0.0557. The number of rotatable bonds is 9. The molecule has 0 N–H and O–H groups in total. The molecule has 0 radical (unpaired) electrons. The van der Waals surface area contributed by atoms with Gasteiger partial charge in [-0.05, 0) is 61.4 Å². The van der Waals surface area contributed by atoms with Crippen molar-refractivity contribution in [3.63, 3.8) is 0 Å². The Balaban J connectivity index is 1.49. The van der Waals surface area contributed by atoms with E-state index < -0.39 is 11.9 Å². The number of benzene rings is 2. The molecule has 2 aromatic rings. The van der Waals surface area contributed by atoms with Crippen LogP contribution in [0, 0.1) is 0 Å². The molecule has 29 heavy (non-hydrogen) atoms. The second kappa shape index (κ2) is 10.6. The summed E-state index contributed by atoms with van der Waals surface area (Å²) in [5, 5.41) is 0. The van der Waals surface area contributed by atoms with Crippen LogP contribution in [0.5, 0.6) is 11.5 Å². The smallest absolute Gasteiger partial charge is 0.343 e. The Morgan fingerprint density at radius 1 is 0.931 bits per heavy atom. The zero-order valence-electron chi connectivity index (χ0n) is 16.3. The van der Waals surface area contributed by atoms with Gasteiger partial charge in [-0.1, -0.05) is 0 Å². The van der Waals surface area contributed by atoms with E-state index >= 15 is 0 Å². The lowest BCUT2D eigenvalue weighted by Gasteiger charge is -2.10. The first-order valence-electron chi connectivity index (χ1n) is 9.48. The van der Waals surface area contributed by atoms with E-state index in [9.17, 15) is 9.59 Å². The van der Waals surface area contributed by atoms with Gasteiger partial charge in [0.25, 0.3) is 0 Å². The summed E-state index contributed by atoms with van der Waals surface area (Å²) in [7, 11) is 1.60. The maximum atomic E-state index is 12.3. The monoisotopic (exact) mass is 400 g/mol. The molecule has 154 valence electrons. The molecule has 0 aliphatic carbocycles. The zero-order valence-corrected chi connectivity index (χ0v) is 16.3. The number of ether oxygens (including phenoxy) is 5. The first-order valence-corrected chi connectivity index (χ1v) is 9.48. The molecule has 0 spiro atoms. The highest BCUT2D eigenvalue weighted by Crippen LogP contribution is 2.18. The van der Waals surface area contributed by atoms with Crippen molar-refractivity contribution in [3.05, 3.63) is 59.7 Å². The minimum Gasteiger partial charge on any atom is -0.491 e. The van der Waals surface area contributed by atoms with Gasteiger partial charge in [0.15, 0.2) is 0 Å². The van der Waals surface area contributed by atoms with E-state index in [1.807, 2.05) is 0 Å². The van der Waals surface area contributed by atoms with E-state index in [1.165, 1.54) is 0 Å². The highest BCUT2D eigenvalue weighted by atomic mass is 16.6. The molecule has 1 saturated heterocycles. The van der Waals surface area contributed by atoms with Gasteiger partial charge in [0.05, 0.1) is 23.8 Å². The number of hydrogen-bond acceptors (Lipinski definition) is 7. The highest BCUT2D eigenvalue weighted by Gasteiger charge is 2.18. The quantitative estimate of drug-likeness (QED) is 0.363. The molecule has 0 amide bonds. The second-order valence-corrected chi connectivity index (χ2v) is 6.51. The average Bonchev–Trinajstić information content (AvgIpc) is 3.27. The number of esters is 2. The molecule has 1 fully saturated rings. The van der Waals surface area contributed by atoms with Crippen LogP contribution in [0.25, 0.3) is 0 Å². The van der Waals surface area contributed by atoms with Gasteiger partial charge >= 0.3 is 11.9 Å². The summed E-state index contributed by atoms with van der Waals surface area (Å²) in [4.78, 5) is 24.3. The normalized spacial score (nSPS) is 15.7. The van der Waals surface area contributed by atoms with Crippen molar-refractivity contribution in [2.45, 2.75) is 18.9 Å². The van der Waals surface area contributed by atoms with Gasteiger partial charge in [-0.2, -0.15) is 0 Å². The van der Waals surface area contributed by atoms with Crippen molar-refractivity contribution in [2.24, 2.45) is 0 Å². The third-order valence-electron chi connectivity index (χ3n) is 4.37. The van der Waals surface area contributed by atoms with Crippen LogP contribution in [0.2, 0.25) is 0 Å². The Bertz CT molecular complexity index is 793. The predicted molar refractivity (Wildman–Crippen MR) is 104 cm³/mol. The number of hydrogen-bond donors (Lipinski definition) is 0. The summed E-state index contributed by atoms with van der Waals surface area (Å²) in [5.41, 5.74) is 0.782. The van der Waals surface area contributed by atoms with Gasteiger partial charge in [-0.25, -0.2) is 9.59 Å². The SMILES string of the molecule is COCCOc1ccc(C(=O)Oc2ccc(C(=O)OCC3CCCO3)cc2)cc1. The Morgan fingerprint density at radius 2 is 1.59 bits per heavy atom. The van der Waals surface area contributed by atoms with Crippen molar-refractivity contribution in [3.8, 4) is 11.5 Å². The van der Waals surface area contributed by atoms with Crippen molar-refractivity contribution < 1.29 is 33.3 Å². The van der Waals surface area contributed by atoms with Crippen molar-refractivity contribution in [2.75, 3.05) is 33.5 Å². The van der Waals surface area contributed by atoms with E-state index in [1.54, 1.807) is 55.6 Å². The second-order valence-electron chi connectivity index (χ2n) is 6.51. The molecule has 0 bridgehead atoms. The average molecular weight is 400 g/mol. The van der Waals surface area contributed by atoms with E-state index in [0.717, 1.165) is 12.8 Å². The summed E-state index contributed by atoms with van der Waals surface area (Å²) in [6.07, 6.45) is 1.88. The van der Waals surface area contributed by atoms with E-state index in [-0.39, 0.29) is 12.7 Å². The van der Waals surface area contributed by atoms with E-state index in [4.69, 9.17) is 23.7 Å². The maximum absolute atomic E-state index is 12.3. The van der Waals surface area contributed by atoms with Gasteiger partial charge < -0.3 is 23.7 Å². The van der Waals surface area contributed by atoms with Crippen molar-refractivity contribution >= 4 is 11.9 Å². The Hall–Kier alpha value is -2.90. The van der Waals surface area contributed by atoms with E-state index in [0.29, 0.717) is 42.4 Å². The van der Waals surface area contributed by atoms with Crippen LogP contribution in [0.15, 0.2) is 48.5 Å². The third-order valence-corrected chi connectivity index (χ3v) is 4.37. The topological polar surface area (TPSA) is 80.3 Å². The predicted octanol–water partition coefficient (Wildman–Crippen LogP) is 3.27. The summed E-state index contributed by atoms with van der Waals surface area (Å²) < 4.78 is 26.4. The molecule has 1 heterocycles. The minimum atomic E-state index is -0.498. The van der Waals surface area contributed by atoms with E-state index in [2.05, 4.69) is 0 Å². The number of methoxy groups -OCH3 is 1. The van der Waals surface area contributed by atoms with Crippen LogP contribution < -0.4 is 9.47 Å². The molecule has 1 aliphatic rings. The Kier molecular flexibility index (Phi) is 7.61. The Labute approximate surface area is 169 Å². The first kappa shape index (κ1) is 20.8. The molecular formula is C22H24O7. The Morgan fingerprint density at radius 3 is 2.21 bits per heavy atom. The zero-order chi connectivity index (χ0) is 20.5. The van der Waals surface area contributed by atoms with Crippen LogP contribution >= 0.6 is 0 Å². The summed E-state index contributed by atoms with van der Waals surface area (Å²) in [6.45, 7) is 1.89. The fourth-order valence-corrected chi connectivity index (χ4v) is 2.78. The molecule has 0 aromatic heterocycles. The molecule has 0 saturated carbocycles. The van der Waals surface area contributed by atoms with Gasteiger partial charge in [-0.3, -0.25) is 0 Å². The molecule has 1 unspecified atom stereocenters. The number of carbonyl (C=O) groups excluding carboxylic acids is 2. The fraction of sp³-hybridized carbons (Fsp3) is 0.364.